The third-order valence-electron chi connectivity index (χ3n) is 3.29. The van der Waals surface area contributed by atoms with Gasteiger partial charge in [-0.15, -0.1) is 0 Å². The van der Waals surface area contributed by atoms with Crippen molar-refractivity contribution in [2.24, 2.45) is 0 Å². The van der Waals surface area contributed by atoms with Crippen LogP contribution in [0.15, 0.2) is 36.4 Å². The van der Waals surface area contributed by atoms with Gasteiger partial charge in [-0.2, -0.15) is 0 Å². The molecule has 2 aromatic carbocycles. The Morgan fingerprint density at radius 1 is 1.24 bits per heavy atom. The lowest BCUT2D eigenvalue weighted by atomic mass is 10.1. The number of hydrogen-bond acceptors (Lipinski definition) is 2. The predicted molar refractivity (Wildman–Crippen MR) is 84.7 cm³/mol. The van der Waals surface area contributed by atoms with Crippen molar-refractivity contribution in [1.82, 2.24) is 5.32 Å². The summed E-state index contributed by atoms with van der Waals surface area (Å²) in [5.74, 6) is 0.355. The van der Waals surface area contributed by atoms with E-state index < -0.39 is 0 Å². The van der Waals surface area contributed by atoms with Crippen molar-refractivity contribution in [3.63, 3.8) is 0 Å². The zero-order chi connectivity index (χ0) is 15.4. The molecule has 0 bridgehead atoms. The van der Waals surface area contributed by atoms with E-state index in [1.54, 1.807) is 19.2 Å². The molecular formula is C16H16Cl2FNO. The number of methoxy groups -OCH3 is 1. The molecule has 0 fully saturated rings. The highest BCUT2D eigenvalue weighted by molar-refractivity contribution is 6.42. The van der Waals surface area contributed by atoms with Gasteiger partial charge in [0, 0.05) is 18.2 Å². The van der Waals surface area contributed by atoms with Crippen LogP contribution in [0.2, 0.25) is 10.0 Å². The van der Waals surface area contributed by atoms with Crippen molar-refractivity contribution in [2.75, 3.05) is 7.11 Å². The number of halogens is 3. The molecule has 1 N–H and O–H groups in total. The average molecular weight is 328 g/mol. The van der Waals surface area contributed by atoms with Crippen LogP contribution in [-0.2, 0) is 6.54 Å². The first-order valence-electron chi connectivity index (χ1n) is 6.52. The average Bonchev–Trinajstić information content (AvgIpc) is 2.48. The highest BCUT2D eigenvalue weighted by Gasteiger charge is 2.13. The summed E-state index contributed by atoms with van der Waals surface area (Å²) in [6.07, 6.45) is 0. The van der Waals surface area contributed by atoms with Gasteiger partial charge in [0.25, 0.3) is 0 Å². The molecule has 2 nitrogen and oxygen atoms in total. The van der Waals surface area contributed by atoms with Crippen LogP contribution in [0.4, 0.5) is 4.39 Å². The number of nitrogens with one attached hydrogen (secondary N) is 1. The Hall–Kier alpha value is -1.29. The summed E-state index contributed by atoms with van der Waals surface area (Å²) >= 11 is 12.1. The zero-order valence-electron chi connectivity index (χ0n) is 11.8. The maximum Gasteiger partial charge on any atom is 0.123 e. The van der Waals surface area contributed by atoms with Gasteiger partial charge in [0.05, 0.1) is 17.2 Å². The SMILES string of the molecule is COc1ccc(F)cc1C(C)NCc1cccc(Cl)c1Cl. The molecule has 0 aliphatic heterocycles. The molecule has 0 aromatic heterocycles. The minimum atomic E-state index is -0.291. The molecule has 0 spiro atoms. The first-order chi connectivity index (χ1) is 10.0. The van der Waals surface area contributed by atoms with Crippen molar-refractivity contribution in [1.29, 1.82) is 0 Å². The number of rotatable bonds is 5. The summed E-state index contributed by atoms with van der Waals surface area (Å²) in [4.78, 5) is 0. The molecule has 112 valence electrons. The van der Waals surface area contributed by atoms with Gasteiger partial charge in [-0.1, -0.05) is 35.3 Å². The molecule has 0 saturated carbocycles. The summed E-state index contributed by atoms with van der Waals surface area (Å²) in [6, 6.07) is 9.86. The fourth-order valence-corrected chi connectivity index (χ4v) is 2.49. The van der Waals surface area contributed by atoms with Crippen LogP contribution < -0.4 is 10.1 Å². The van der Waals surface area contributed by atoms with Crippen molar-refractivity contribution in [3.05, 3.63) is 63.4 Å². The molecule has 0 aliphatic carbocycles. The van der Waals surface area contributed by atoms with Crippen molar-refractivity contribution in [3.8, 4) is 5.75 Å². The molecular weight excluding hydrogens is 312 g/mol. The zero-order valence-corrected chi connectivity index (χ0v) is 13.3. The van der Waals surface area contributed by atoms with Gasteiger partial charge in [0.15, 0.2) is 0 Å². The highest BCUT2D eigenvalue weighted by Crippen LogP contribution is 2.28. The van der Waals surface area contributed by atoms with Crippen molar-refractivity contribution < 1.29 is 9.13 Å². The van der Waals surface area contributed by atoms with E-state index in [2.05, 4.69) is 5.32 Å². The topological polar surface area (TPSA) is 21.3 Å². The van der Waals surface area contributed by atoms with Gasteiger partial charge < -0.3 is 10.1 Å². The van der Waals surface area contributed by atoms with Crippen LogP contribution in [0, 0.1) is 5.82 Å². The molecule has 0 aliphatic rings. The summed E-state index contributed by atoms with van der Waals surface area (Å²) in [5.41, 5.74) is 1.65. The highest BCUT2D eigenvalue weighted by atomic mass is 35.5. The van der Waals surface area contributed by atoms with Gasteiger partial charge >= 0.3 is 0 Å². The lowest BCUT2D eigenvalue weighted by Crippen LogP contribution is -2.19. The molecule has 0 radical (unpaired) electrons. The minimum absolute atomic E-state index is 0.0919. The summed E-state index contributed by atoms with van der Waals surface area (Å²) in [7, 11) is 1.57. The Balaban J connectivity index is 2.13. The summed E-state index contributed by atoms with van der Waals surface area (Å²) in [5, 5.41) is 4.35. The van der Waals surface area contributed by atoms with E-state index in [0.717, 1.165) is 11.1 Å². The van der Waals surface area contributed by atoms with Crippen molar-refractivity contribution >= 4 is 23.2 Å². The second kappa shape index (κ2) is 7.12. The fraction of sp³-hybridized carbons (Fsp3) is 0.250. The summed E-state index contributed by atoms with van der Waals surface area (Å²) < 4.78 is 18.7. The molecule has 0 saturated heterocycles. The first kappa shape index (κ1) is 16.1. The Bertz CT molecular complexity index is 634. The van der Waals surface area contributed by atoms with Crippen molar-refractivity contribution in [2.45, 2.75) is 19.5 Å². The smallest absolute Gasteiger partial charge is 0.123 e. The molecule has 1 atom stereocenters. The summed E-state index contributed by atoms with van der Waals surface area (Å²) in [6.45, 7) is 2.47. The van der Waals surface area contributed by atoms with E-state index in [1.807, 2.05) is 19.1 Å². The minimum Gasteiger partial charge on any atom is -0.496 e. The van der Waals surface area contributed by atoms with Crippen LogP contribution in [0.3, 0.4) is 0 Å². The van der Waals surface area contributed by atoms with Crippen LogP contribution >= 0.6 is 23.2 Å². The van der Waals surface area contributed by atoms with E-state index in [4.69, 9.17) is 27.9 Å². The Labute approximate surface area is 133 Å². The maximum atomic E-state index is 13.4. The largest absolute Gasteiger partial charge is 0.496 e. The second-order valence-corrected chi connectivity index (χ2v) is 5.49. The lowest BCUT2D eigenvalue weighted by Gasteiger charge is -2.18. The number of ether oxygens (including phenoxy) is 1. The van der Waals surface area contributed by atoms with E-state index >= 15 is 0 Å². The Morgan fingerprint density at radius 3 is 2.71 bits per heavy atom. The van der Waals surface area contributed by atoms with Gasteiger partial charge in [0.2, 0.25) is 0 Å². The van der Waals surface area contributed by atoms with Crippen LogP contribution in [0.5, 0.6) is 5.75 Å². The third-order valence-corrected chi connectivity index (χ3v) is 4.15. The van der Waals surface area contributed by atoms with E-state index in [-0.39, 0.29) is 11.9 Å². The number of benzene rings is 2. The van der Waals surface area contributed by atoms with Crippen LogP contribution in [0.1, 0.15) is 24.1 Å². The van der Waals surface area contributed by atoms with E-state index in [1.165, 1.54) is 12.1 Å². The van der Waals surface area contributed by atoms with E-state index in [9.17, 15) is 4.39 Å². The van der Waals surface area contributed by atoms with Crippen LogP contribution in [0.25, 0.3) is 0 Å². The van der Waals surface area contributed by atoms with Gasteiger partial charge in [-0.25, -0.2) is 4.39 Å². The standard InChI is InChI=1S/C16H16Cl2FNO/c1-10(13-8-12(19)6-7-15(13)21-2)20-9-11-4-3-5-14(17)16(11)18/h3-8,10,20H,9H2,1-2H3. The third kappa shape index (κ3) is 3.88. The molecule has 1 unspecified atom stereocenters. The molecule has 2 aromatic rings. The lowest BCUT2D eigenvalue weighted by molar-refractivity contribution is 0.399. The number of hydrogen-bond donors (Lipinski definition) is 1. The molecule has 0 amide bonds. The van der Waals surface area contributed by atoms with Crippen LogP contribution in [-0.4, -0.2) is 7.11 Å². The van der Waals surface area contributed by atoms with E-state index in [0.29, 0.717) is 22.3 Å². The normalized spacial score (nSPS) is 12.2. The first-order valence-corrected chi connectivity index (χ1v) is 7.28. The Morgan fingerprint density at radius 2 is 2.00 bits per heavy atom. The van der Waals surface area contributed by atoms with Gasteiger partial charge in [0.1, 0.15) is 11.6 Å². The molecule has 5 heteroatoms. The predicted octanol–water partition coefficient (Wildman–Crippen LogP) is 4.99. The second-order valence-electron chi connectivity index (χ2n) is 4.70. The molecule has 0 heterocycles. The maximum absolute atomic E-state index is 13.4. The fourth-order valence-electron chi connectivity index (χ4n) is 2.10. The monoisotopic (exact) mass is 327 g/mol. The van der Waals surface area contributed by atoms with Gasteiger partial charge in [-0.05, 0) is 36.8 Å². The molecule has 2 rings (SSSR count). The molecule has 21 heavy (non-hydrogen) atoms. The van der Waals surface area contributed by atoms with Gasteiger partial charge in [-0.3, -0.25) is 0 Å². The quantitative estimate of drug-likeness (QED) is 0.835. The Kier molecular flexibility index (Phi) is 5.45.